The van der Waals surface area contributed by atoms with E-state index in [9.17, 15) is 13.2 Å². The fraction of sp³-hybridized carbons (Fsp3) is 0.100. The van der Waals surface area contributed by atoms with E-state index in [0.717, 1.165) is 17.4 Å². The number of thiophene rings is 1. The summed E-state index contributed by atoms with van der Waals surface area (Å²) < 4.78 is 31.5. The van der Waals surface area contributed by atoms with Gasteiger partial charge in [0.1, 0.15) is 9.77 Å². The molecule has 6 nitrogen and oxygen atoms in total. The number of carbonyl (C=O) groups is 1. The maximum absolute atomic E-state index is 12.0. The molecule has 0 aliphatic heterocycles. The van der Waals surface area contributed by atoms with E-state index in [1.807, 2.05) is 0 Å². The monoisotopic (exact) mass is 365 g/mol. The molecule has 0 fully saturated rings. The zero-order valence-corrected chi connectivity index (χ0v) is 12.5. The van der Waals surface area contributed by atoms with Crippen molar-refractivity contribution in [2.75, 3.05) is 0 Å². The van der Waals surface area contributed by atoms with Crippen molar-refractivity contribution >= 4 is 43.3 Å². The molecule has 2 aromatic heterocycles. The first-order valence-electron chi connectivity index (χ1n) is 4.93. The van der Waals surface area contributed by atoms with E-state index in [4.69, 9.17) is 9.52 Å². The average molecular weight is 366 g/mol. The van der Waals surface area contributed by atoms with Crippen LogP contribution in [0.25, 0.3) is 0 Å². The standard InChI is InChI=1S/C10H8BrNO5S2/c11-9-8(3-7(18-9)10(13)14)19(15,16)12-4-6-1-2-17-5-6/h1-3,5,12H,4H2,(H,13,14). The number of sulfonamides is 1. The second-order valence-electron chi connectivity index (χ2n) is 3.51. The molecule has 0 spiro atoms. The predicted octanol–water partition coefficient (Wildman–Crippen LogP) is 2.28. The molecule has 19 heavy (non-hydrogen) atoms. The molecule has 0 amide bonds. The predicted molar refractivity (Wildman–Crippen MR) is 71.7 cm³/mol. The van der Waals surface area contributed by atoms with E-state index in [1.54, 1.807) is 6.07 Å². The van der Waals surface area contributed by atoms with Crippen LogP contribution in [-0.2, 0) is 16.6 Å². The van der Waals surface area contributed by atoms with Crippen LogP contribution in [0.1, 0.15) is 15.2 Å². The maximum atomic E-state index is 12.0. The van der Waals surface area contributed by atoms with Crippen molar-refractivity contribution < 1.29 is 22.7 Å². The molecule has 0 radical (unpaired) electrons. The van der Waals surface area contributed by atoms with Crippen LogP contribution >= 0.6 is 27.3 Å². The first-order valence-corrected chi connectivity index (χ1v) is 8.03. The third-order valence-electron chi connectivity index (χ3n) is 2.20. The van der Waals surface area contributed by atoms with E-state index in [2.05, 4.69) is 20.7 Å². The van der Waals surface area contributed by atoms with Gasteiger partial charge in [0.25, 0.3) is 0 Å². The van der Waals surface area contributed by atoms with Crippen molar-refractivity contribution in [3.63, 3.8) is 0 Å². The van der Waals surface area contributed by atoms with Gasteiger partial charge in [-0.15, -0.1) is 11.3 Å². The molecule has 0 saturated carbocycles. The van der Waals surface area contributed by atoms with Gasteiger partial charge in [0.15, 0.2) is 0 Å². The molecule has 0 bridgehead atoms. The molecule has 0 atom stereocenters. The van der Waals surface area contributed by atoms with E-state index >= 15 is 0 Å². The SMILES string of the molecule is O=C(O)c1cc(S(=O)(=O)NCc2ccoc2)c(Br)s1. The van der Waals surface area contributed by atoms with Gasteiger partial charge < -0.3 is 9.52 Å². The van der Waals surface area contributed by atoms with E-state index in [0.29, 0.717) is 5.56 Å². The van der Waals surface area contributed by atoms with Crippen molar-refractivity contribution in [2.24, 2.45) is 0 Å². The number of hydrogen-bond acceptors (Lipinski definition) is 5. The van der Waals surface area contributed by atoms with Crippen molar-refractivity contribution in [3.8, 4) is 0 Å². The van der Waals surface area contributed by atoms with Crippen molar-refractivity contribution in [3.05, 3.63) is 38.9 Å². The van der Waals surface area contributed by atoms with Gasteiger partial charge in [-0.1, -0.05) is 0 Å². The Balaban J connectivity index is 2.22. The minimum absolute atomic E-state index is 0.0458. The number of furan rings is 1. The summed E-state index contributed by atoms with van der Waals surface area (Å²) in [4.78, 5) is 10.7. The molecule has 0 aliphatic rings. The number of hydrogen-bond donors (Lipinski definition) is 2. The van der Waals surface area contributed by atoms with Gasteiger partial charge >= 0.3 is 5.97 Å². The summed E-state index contributed by atoms with van der Waals surface area (Å²) >= 11 is 3.91. The second kappa shape index (κ2) is 5.45. The Morgan fingerprint density at radius 1 is 1.53 bits per heavy atom. The van der Waals surface area contributed by atoms with Gasteiger partial charge in [0.05, 0.1) is 16.3 Å². The van der Waals surface area contributed by atoms with Crippen molar-refractivity contribution in [1.29, 1.82) is 0 Å². The lowest BCUT2D eigenvalue weighted by Crippen LogP contribution is -2.22. The number of aromatic carboxylic acids is 1. The first kappa shape index (κ1) is 14.3. The Kier molecular flexibility index (Phi) is 4.09. The highest BCUT2D eigenvalue weighted by Gasteiger charge is 2.22. The van der Waals surface area contributed by atoms with Gasteiger partial charge in [0, 0.05) is 12.1 Å². The molecule has 2 N–H and O–H groups in total. The minimum atomic E-state index is -3.77. The van der Waals surface area contributed by atoms with Crippen LogP contribution in [0, 0.1) is 0 Å². The zero-order chi connectivity index (χ0) is 14.0. The Labute approximate surface area is 121 Å². The molecule has 102 valence electrons. The fourth-order valence-corrected chi connectivity index (χ4v) is 4.71. The molecular weight excluding hydrogens is 358 g/mol. The van der Waals surface area contributed by atoms with Crippen LogP contribution < -0.4 is 4.72 Å². The molecule has 0 unspecified atom stereocenters. The summed E-state index contributed by atoms with van der Waals surface area (Å²) in [5.74, 6) is -1.16. The Morgan fingerprint density at radius 2 is 2.26 bits per heavy atom. The summed E-state index contributed by atoms with van der Waals surface area (Å²) in [6.07, 6.45) is 2.86. The summed E-state index contributed by atoms with van der Waals surface area (Å²) in [6, 6.07) is 2.75. The van der Waals surface area contributed by atoms with Gasteiger partial charge in [-0.25, -0.2) is 17.9 Å². The highest BCUT2D eigenvalue weighted by Crippen LogP contribution is 2.31. The van der Waals surface area contributed by atoms with Crippen LogP contribution in [-0.4, -0.2) is 19.5 Å². The van der Waals surface area contributed by atoms with E-state index in [1.165, 1.54) is 12.5 Å². The lowest BCUT2D eigenvalue weighted by atomic mass is 10.4. The molecule has 2 rings (SSSR count). The van der Waals surface area contributed by atoms with Gasteiger partial charge in [-0.2, -0.15) is 0 Å². The third-order valence-corrected chi connectivity index (χ3v) is 5.84. The minimum Gasteiger partial charge on any atom is -0.477 e. The van der Waals surface area contributed by atoms with Crippen LogP contribution in [0.3, 0.4) is 0 Å². The average Bonchev–Trinajstić information content (AvgIpc) is 2.95. The number of halogens is 1. The smallest absolute Gasteiger partial charge is 0.345 e. The molecular formula is C10H8BrNO5S2. The lowest BCUT2D eigenvalue weighted by Gasteiger charge is -2.03. The van der Waals surface area contributed by atoms with E-state index in [-0.39, 0.29) is 20.1 Å². The summed E-state index contributed by atoms with van der Waals surface area (Å²) in [5.41, 5.74) is 0.674. The van der Waals surface area contributed by atoms with E-state index < -0.39 is 16.0 Å². The van der Waals surface area contributed by atoms with Gasteiger partial charge in [-0.3, -0.25) is 0 Å². The van der Waals surface area contributed by atoms with Gasteiger partial charge in [-0.05, 0) is 28.1 Å². The summed E-state index contributed by atoms with van der Waals surface area (Å²) in [6.45, 7) is 0.0729. The largest absolute Gasteiger partial charge is 0.477 e. The molecule has 2 aromatic rings. The topological polar surface area (TPSA) is 96.6 Å². The van der Waals surface area contributed by atoms with Crippen molar-refractivity contribution in [2.45, 2.75) is 11.4 Å². The third kappa shape index (κ3) is 3.24. The second-order valence-corrected chi connectivity index (χ2v) is 7.62. The van der Waals surface area contributed by atoms with Crippen molar-refractivity contribution in [1.82, 2.24) is 4.72 Å². The summed E-state index contributed by atoms with van der Waals surface area (Å²) in [7, 11) is -3.77. The molecule has 0 saturated heterocycles. The Bertz CT molecular complexity index is 690. The molecule has 0 aliphatic carbocycles. The molecule has 2 heterocycles. The van der Waals surface area contributed by atoms with Crippen LogP contribution in [0.15, 0.2) is 37.8 Å². The van der Waals surface area contributed by atoms with Crippen LogP contribution in [0.2, 0.25) is 0 Å². The van der Waals surface area contributed by atoms with Crippen LogP contribution in [0.4, 0.5) is 0 Å². The van der Waals surface area contributed by atoms with Crippen LogP contribution in [0.5, 0.6) is 0 Å². The lowest BCUT2D eigenvalue weighted by molar-refractivity contribution is 0.0702. The summed E-state index contributed by atoms with van der Waals surface area (Å²) in [5, 5.41) is 8.83. The highest BCUT2D eigenvalue weighted by atomic mass is 79.9. The van der Waals surface area contributed by atoms with Gasteiger partial charge in [0.2, 0.25) is 10.0 Å². The first-order chi connectivity index (χ1) is 8.90. The number of carboxylic acids is 1. The highest BCUT2D eigenvalue weighted by molar-refractivity contribution is 9.11. The zero-order valence-electron chi connectivity index (χ0n) is 9.29. The number of carboxylic acid groups (broad SMARTS) is 1. The number of nitrogens with one attached hydrogen (secondary N) is 1. The Hall–Kier alpha value is -1.16. The number of rotatable bonds is 5. The fourth-order valence-electron chi connectivity index (χ4n) is 1.29. The Morgan fingerprint density at radius 3 is 2.79 bits per heavy atom. The molecule has 9 heteroatoms. The maximum Gasteiger partial charge on any atom is 0.345 e. The quantitative estimate of drug-likeness (QED) is 0.846. The molecule has 0 aromatic carbocycles. The normalized spacial score (nSPS) is 11.6.